The minimum atomic E-state index is 0.00406. The summed E-state index contributed by atoms with van der Waals surface area (Å²) in [7, 11) is 0. The third-order valence-corrected chi connectivity index (χ3v) is 4.65. The van der Waals surface area contributed by atoms with Gasteiger partial charge in [-0.05, 0) is 71.5 Å². The SMILES string of the molecule is CC(C)(C)C(CCN)CCC(=O)Nc1ccc(I)cc1Cl. The number of rotatable bonds is 6. The summed E-state index contributed by atoms with van der Waals surface area (Å²) >= 11 is 8.31. The summed E-state index contributed by atoms with van der Waals surface area (Å²) in [6.07, 6.45) is 2.28. The Morgan fingerprint density at radius 3 is 2.57 bits per heavy atom. The van der Waals surface area contributed by atoms with Crippen molar-refractivity contribution in [3.63, 3.8) is 0 Å². The molecule has 0 radical (unpaired) electrons. The third-order valence-electron chi connectivity index (χ3n) is 3.66. The zero-order valence-electron chi connectivity index (χ0n) is 12.9. The second-order valence-electron chi connectivity index (χ2n) is 6.35. The second-order valence-corrected chi connectivity index (χ2v) is 8.00. The van der Waals surface area contributed by atoms with Crippen LogP contribution in [0.3, 0.4) is 0 Å². The molecule has 0 saturated heterocycles. The van der Waals surface area contributed by atoms with Gasteiger partial charge < -0.3 is 11.1 Å². The predicted molar refractivity (Wildman–Crippen MR) is 98.6 cm³/mol. The van der Waals surface area contributed by atoms with E-state index in [1.807, 2.05) is 18.2 Å². The van der Waals surface area contributed by atoms with Crippen LogP contribution in [-0.2, 0) is 4.79 Å². The van der Waals surface area contributed by atoms with Gasteiger partial charge in [-0.2, -0.15) is 0 Å². The molecule has 1 amide bonds. The molecule has 1 unspecified atom stereocenters. The standard InChI is InChI=1S/C16H24ClIN2O/c1-16(2,3)11(8-9-19)4-7-15(21)20-14-6-5-12(18)10-13(14)17/h5-6,10-11H,4,7-9,19H2,1-3H3,(H,20,21). The van der Waals surface area contributed by atoms with Crippen molar-refractivity contribution in [1.82, 2.24) is 0 Å². The first-order valence-corrected chi connectivity index (χ1v) is 8.64. The van der Waals surface area contributed by atoms with Crippen LogP contribution in [0.4, 0.5) is 5.69 Å². The molecule has 5 heteroatoms. The second kappa shape index (κ2) is 8.34. The number of benzene rings is 1. The molecule has 0 bridgehead atoms. The number of nitrogens with one attached hydrogen (secondary N) is 1. The van der Waals surface area contributed by atoms with Gasteiger partial charge >= 0.3 is 0 Å². The van der Waals surface area contributed by atoms with E-state index in [9.17, 15) is 4.79 Å². The summed E-state index contributed by atoms with van der Waals surface area (Å²) in [5.74, 6) is 0.449. The fourth-order valence-corrected chi connectivity index (χ4v) is 3.22. The van der Waals surface area contributed by atoms with Crippen molar-refractivity contribution in [3.8, 4) is 0 Å². The maximum absolute atomic E-state index is 12.1. The molecule has 0 spiro atoms. The topological polar surface area (TPSA) is 55.1 Å². The molecule has 21 heavy (non-hydrogen) atoms. The van der Waals surface area contributed by atoms with Crippen molar-refractivity contribution in [1.29, 1.82) is 0 Å². The molecule has 3 nitrogen and oxygen atoms in total. The molecule has 0 aliphatic rings. The normalized spacial score (nSPS) is 13.0. The highest BCUT2D eigenvalue weighted by Crippen LogP contribution is 2.32. The van der Waals surface area contributed by atoms with Gasteiger partial charge in [0, 0.05) is 9.99 Å². The molecule has 1 atom stereocenters. The Morgan fingerprint density at radius 2 is 2.05 bits per heavy atom. The summed E-state index contributed by atoms with van der Waals surface area (Å²) in [4.78, 5) is 12.1. The summed E-state index contributed by atoms with van der Waals surface area (Å²) in [6, 6.07) is 5.60. The highest BCUT2D eigenvalue weighted by molar-refractivity contribution is 14.1. The zero-order chi connectivity index (χ0) is 16.0. The highest BCUT2D eigenvalue weighted by Gasteiger charge is 2.24. The summed E-state index contributed by atoms with van der Waals surface area (Å²) in [5, 5.41) is 3.45. The van der Waals surface area contributed by atoms with E-state index in [4.69, 9.17) is 17.3 Å². The minimum absolute atomic E-state index is 0.00406. The van der Waals surface area contributed by atoms with E-state index in [1.54, 1.807) is 0 Å². The lowest BCUT2D eigenvalue weighted by Crippen LogP contribution is -2.25. The van der Waals surface area contributed by atoms with Gasteiger partial charge in [-0.1, -0.05) is 32.4 Å². The molecule has 0 saturated carbocycles. The van der Waals surface area contributed by atoms with E-state index in [1.165, 1.54) is 0 Å². The maximum atomic E-state index is 12.1. The lowest BCUT2D eigenvalue weighted by Gasteiger charge is -2.30. The van der Waals surface area contributed by atoms with Crippen LogP contribution in [0.15, 0.2) is 18.2 Å². The van der Waals surface area contributed by atoms with Crippen molar-refractivity contribution in [3.05, 3.63) is 26.8 Å². The Hall–Kier alpha value is -0.330. The van der Waals surface area contributed by atoms with Gasteiger partial charge in [-0.15, -0.1) is 0 Å². The summed E-state index contributed by atoms with van der Waals surface area (Å²) in [5.41, 5.74) is 6.51. The van der Waals surface area contributed by atoms with Gasteiger partial charge in [0.05, 0.1) is 10.7 Å². The quantitative estimate of drug-likeness (QED) is 0.654. The number of carbonyl (C=O) groups excluding carboxylic acids is 1. The molecular weight excluding hydrogens is 399 g/mol. The van der Waals surface area contributed by atoms with Crippen LogP contribution >= 0.6 is 34.2 Å². The molecule has 118 valence electrons. The van der Waals surface area contributed by atoms with Gasteiger partial charge in [0.1, 0.15) is 0 Å². The smallest absolute Gasteiger partial charge is 0.224 e. The predicted octanol–water partition coefficient (Wildman–Crippen LogP) is 4.67. The lowest BCUT2D eigenvalue weighted by molar-refractivity contribution is -0.116. The van der Waals surface area contributed by atoms with Crippen LogP contribution in [-0.4, -0.2) is 12.5 Å². The van der Waals surface area contributed by atoms with Crippen molar-refractivity contribution in [2.45, 2.75) is 40.0 Å². The maximum Gasteiger partial charge on any atom is 0.224 e. The van der Waals surface area contributed by atoms with E-state index in [0.29, 0.717) is 29.6 Å². The Morgan fingerprint density at radius 1 is 1.38 bits per heavy atom. The molecule has 1 aromatic carbocycles. The first-order chi connectivity index (χ1) is 9.74. The fraction of sp³-hybridized carbons (Fsp3) is 0.562. The molecule has 0 aliphatic carbocycles. The monoisotopic (exact) mass is 422 g/mol. The van der Waals surface area contributed by atoms with Crippen LogP contribution in [0.5, 0.6) is 0 Å². The van der Waals surface area contributed by atoms with Crippen LogP contribution < -0.4 is 11.1 Å². The van der Waals surface area contributed by atoms with E-state index < -0.39 is 0 Å². The summed E-state index contributed by atoms with van der Waals surface area (Å²) in [6.45, 7) is 7.25. The van der Waals surface area contributed by atoms with E-state index >= 15 is 0 Å². The van der Waals surface area contributed by atoms with E-state index in [2.05, 4.69) is 48.7 Å². The number of halogens is 2. The summed E-state index contributed by atoms with van der Waals surface area (Å²) < 4.78 is 1.05. The highest BCUT2D eigenvalue weighted by atomic mass is 127. The van der Waals surface area contributed by atoms with Gasteiger partial charge in [-0.3, -0.25) is 4.79 Å². The molecule has 0 aliphatic heterocycles. The number of carbonyl (C=O) groups is 1. The Balaban J connectivity index is 2.57. The van der Waals surface area contributed by atoms with E-state index in [0.717, 1.165) is 16.4 Å². The van der Waals surface area contributed by atoms with Crippen molar-refractivity contribution in [2.75, 3.05) is 11.9 Å². The van der Waals surface area contributed by atoms with Gasteiger partial charge in [0.15, 0.2) is 0 Å². The van der Waals surface area contributed by atoms with Gasteiger partial charge in [0.25, 0.3) is 0 Å². The molecular formula is C16H24ClIN2O. The average molecular weight is 423 g/mol. The Kier molecular flexibility index (Phi) is 7.44. The van der Waals surface area contributed by atoms with Gasteiger partial charge in [-0.25, -0.2) is 0 Å². The van der Waals surface area contributed by atoms with Crippen LogP contribution in [0.25, 0.3) is 0 Å². The third kappa shape index (κ3) is 6.53. The van der Waals surface area contributed by atoms with Crippen molar-refractivity contribution >= 4 is 45.8 Å². The van der Waals surface area contributed by atoms with Crippen LogP contribution in [0.1, 0.15) is 40.0 Å². The number of amides is 1. The van der Waals surface area contributed by atoms with E-state index in [-0.39, 0.29) is 11.3 Å². The van der Waals surface area contributed by atoms with Gasteiger partial charge in [0.2, 0.25) is 5.91 Å². The van der Waals surface area contributed by atoms with Crippen molar-refractivity contribution in [2.24, 2.45) is 17.1 Å². The number of anilines is 1. The van der Waals surface area contributed by atoms with Crippen molar-refractivity contribution < 1.29 is 4.79 Å². The molecule has 1 aromatic rings. The van der Waals surface area contributed by atoms with Crippen LogP contribution in [0, 0.1) is 14.9 Å². The Labute approximate surface area is 146 Å². The molecule has 0 fully saturated rings. The number of hydrogen-bond acceptors (Lipinski definition) is 2. The molecule has 3 N–H and O–H groups in total. The Bertz CT molecular complexity index is 486. The molecule has 1 rings (SSSR count). The largest absolute Gasteiger partial charge is 0.330 e. The number of hydrogen-bond donors (Lipinski definition) is 2. The zero-order valence-corrected chi connectivity index (χ0v) is 15.8. The molecule has 0 heterocycles. The number of nitrogens with two attached hydrogens (primary N) is 1. The fourth-order valence-electron chi connectivity index (χ4n) is 2.32. The lowest BCUT2D eigenvalue weighted by atomic mass is 9.76. The minimum Gasteiger partial charge on any atom is -0.330 e. The van der Waals surface area contributed by atoms with Crippen LogP contribution in [0.2, 0.25) is 5.02 Å². The average Bonchev–Trinajstić information content (AvgIpc) is 2.36. The first-order valence-electron chi connectivity index (χ1n) is 7.19. The first kappa shape index (κ1) is 18.7. The molecule has 0 aromatic heterocycles.